The Balaban J connectivity index is 1.71. The van der Waals surface area contributed by atoms with Crippen molar-refractivity contribution in [2.75, 3.05) is 7.11 Å². The summed E-state index contributed by atoms with van der Waals surface area (Å²) >= 11 is 0. The van der Waals surface area contributed by atoms with Crippen molar-refractivity contribution in [1.29, 1.82) is 0 Å². The first-order valence-electron chi connectivity index (χ1n) is 7.70. The molecule has 1 aliphatic heterocycles. The predicted octanol–water partition coefficient (Wildman–Crippen LogP) is -0.399. The van der Waals surface area contributed by atoms with Gasteiger partial charge in [0.15, 0.2) is 6.10 Å². The molecule has 1 aromatic rings. The van der Waals surface area contributed by atoms with Crippen molar-refractivity contribution in [3.05, 3.63) is 28.6 Å². The van der Waals surface area contributed by atoms with Gasteiger partial charge in [-0.1, -0.05) is 6.07 Å². The Morgan fingerprint density at radius 3 is 2.78 bits per heavy atom. The minimum absolute atomic E-state index is 0.0995. The first kappa shape index (κ1) is 15.4. The zero-order valence-corrected chi connectivity index (χ0v) is 13.2. The summed E-state index contributed by atoms with van der Waals surface area (Å²) in [5, 5.41) is 8.05. The Morgan fingerprint density at radius 1 is 1.30 bits per heavy atom. The number of hydrogen-bond donors (Lipinski definition) is 2. The number of amides is 1. The van der Waals surface area contributed by atoms with E-state index < -0.39 is 12.1 Å². The highest BCUT2D eigenvalue weighted by atomic mass is 16.6. The molecule has 6 nitrogen and oxygen atoms in total. The van der Waals surface area contributed by atoms with E-state index in [-0.39, 0.29) is 18.0 Å². The number of carbonyl (C=O) groups is 2. The van der Waals surface area contributed by atoms with E-state index in [0.717, 1.165) is 23.3 Å². The number of benzene rings is 1. The summed E-state index contributed by atoms with van der Waals surface area (Å²) in [5.41, 5.74) is 0. The standard InChI is InChI=1S/C17H20N2O4/c1-10(17(21)22-2)23-14-6-5-12-8-15(18-9-13(12)7-14)19-16(20)11-3-4-11/h5-11,15,18H,3-4H2,1-2H3,(H,19,20)/t10-,15?/m1/s1. The Kier molecular flexibility index (Phi) is 4.23. The smallest absolute Gasteiger partial charge is 0.346 e. The van der Waals surface area contributed by atoms with Crippen LogP contribution in [0.3, 0.4) is 0 Å². The van der Waals surface area contributed by atoms with Crippen LogP contribution in [0.5, 0.6) is 5.75 Å². The molecule has 1 heterocycles. The quantitative estimate of drug-likeness (QED) is 0.723. The predicted molar refractivity (Wildman–Crippen MR) is 84.5 cm³/mol. The van der Waals surface area contributed by atoms with Crippen molar-refractivity contribution in [2.45, 2.75) is 32.0 Å². The number of esters is 1. The third kappa shape index (κ3) is 3.64. The molecule has 122 valence electrons. The molecule has 2 aliphatic rings. The number of ether oxygens (including phenoxy) is 2. The Hall–Kier alpha value is -2.50. The van der Waals surface area contributed by atoms with Gasteiger partial charge in [-0.05, 0) is 43.2 Å². The van der Waals surface area contributed by atoms with Crippen LogP contribution in [0, 0.1) is 5.92 Å². The minimum atomic E-state index is -0.663. The molecule has 3 rings (SSSR count). The van der Waals surface area contributed by atoms with E-state index in [1.807, 2.05) is 24.4 Å². The molecule has 6 heteroatoms. The Morgan fingerprint density at radius 2 is 2.09 bits per heavy atom. The van der Waals surface area contributed by atoms with Gasteiger partial charge in [0.05, 0.1) is 7.11 Å². The molecule has 1 aromatic carbocycles. The number of carbonyl (C=O) groups excluding carboxylic acids is 2. The summed E-state index contributed by atoms with van der Waals surface area (Å²) in [6.07, 6.45) is 4.91. The van der Waals surface area contributed by atoms with Crippen molar-refractivity contribution in [3.63, 3.8) is 0 Å². The Bertz CT molecular complexity index is 739. The fourth-order valence-corrected chi connectivity index (χ4v) is 2.43. The van der Waals surface area contributed by atoms with Gasteiger partial charge in [0.25, 0.3) is 0 Å². The third-order valence-corrected chi connectivity index (χ3v) is 3.91. The summed E-state index contributed by atoms with van der Waals surface area (Å²) in [6.45, 7) is 1.64. The van der Waals surface area contributed by atoms with Gasteiger partial charge >= 0.3 is 5.97 Å². The first-order valence-corrected chi connectivity index (χ1v) is 7.70. The molecule has 1 saturated carbocycles. The maximum absolute atomic E-state index is 11.8. The van der Waals surface area contributed by atoms with Crippen LogP contribution in [0.4, 0.5) is 0 Å². The van der Waals surface area contributed by atoms with E-state index >= 15 is 0 Å². The molecule has 0 saturated heterocycles. The monoisotopic (exact) mass is 316 g/mol. The lowest BCUT2D eigenvalue weighted by Crippen LogP contribution is -2.48. The highest BCUT2D eigenvalue weighted by Gasteiger charge is 2.30. The van der Waals surface area contributed by atoms with E-state index in [9.17, 15) is 9.59 Å². The molecule has 1 unspecified atom stereocenters. The van der Waals surface area contributed by atoms with E-state index in [1.165, 1.54) is 7.11 Å². The maximum Gasteiger partial charge on any atom is 0.346 e. The number of fused-ring (bicyclic) bond motifs is 1. The summed E-state index contributed by atoms with van der Waals surface area (Å²) in [6, 6.07) is 5.55. The average Bonchev–Trinajstić information content (AvgIpc) is 3.39. The molecule has 1 fully saturated rings. The fraction of sp³-hybridized carbons (Fsp3) is 0.412. The van der Waals surface area contributed by atoms with Crippen molar-refractivity contribution in [1.82, 2.24) is 10.6 Å². The van der Waals surface area contributed by atoms with E-state index in [1.54, 1.807) is 13.0 Å². The summed E-state index contributed by atoms with van der Waals surface area (Å²) in [4.78, 5) is 23.2. The number of methoxy groups -OCH3 is 1. The second kappa shape index (κ2) is 6.32. The largest absolute Gasteiger partial charge is 0.479 e. The number of rotatable bonds is 5. The van der Waals surface area contributed by atoms with Crippen LogP contribution in [0.25, 0.3) is 12.3 Å². The van der Waals surface area contributed by atoms with Gasteiger partial charge in [-0.3, -0.25) is 4.79 Å². The van der Waals surface area contributed by atoms with Crippen LogP contribution < -0.4 is 25.8 Å². The maximum atomic E-state index is 11.8. The van der Waals surface area contributed by atoms with E-state index in [4.69, 9.17) is 4.74 Å². The van der Waals surface area contributed by atoms with Crippen LogP contribution >= 0.6 is 0 Å². The van der Waals surface area contributed by atoms with Crippen molar-refractivity contribution in [3.8, 4) is 5.75 Å². The molecule has 23 heavy (non-hydrogen) atoms. The lowest BCUT2D eigenvalue weighted by atomic mass is 10.1. The van der Waals surface area contributed by atoms with Gasteiger partial charge in [0, 0.05) is 17.3 Å². The summed E-state index contributed by atoms with van der Waals surface area (Å²) in [5.74, 6) is 0.456. The fourth-order valence-electron chi connectivity index (χ4n) is 2.43. The SMILES string of the molecule is COC(=O)[C@@H](C)Oc1ccc2c(c1)=CNC(NC(=O)C1CC1)C=2. The van der Waals surface area contributed by atoms with Crippen LogP contribution in [-0.4, -0.2) is 31.3 Å². The van der Waals surface area contributed by atoms with Gasteiger partial charge in [-0.15, -0.1) is 0 Å². The van der Waals surface area contributed by atoms with Crippen LogP contribution in [-0.2, 0) is 14.3 Å². The highest BCUT2D eigenvalue weighted by Crippen LogP contribution is 2.28. The van der Waals surface area contributed by atoms with Crippen molar-refractivity contribution in [2.24, 2.45) is 5.92 Å². The molecular weight excluding hydrogens is 296 g/mol. The third-order valence-electron chi connectivity index (χ3n) is 3.91. The van der Waals surface area contributed by atoms with Gasteiger partial charge < -0.3 is 20.1 Å². The van der Waals surface area contributed by atoms with Crippen LogP contribution in [0.2, 0.25) is 0 Å². The highest BCUT2D eigenvalue weighted by molar-refractivity contribution is 5.82. The molecule has 0 aromatic heterocycles. The molecule has 1 aliphatic carbocycles. The molecule has 2 atom stereocenters. The van der Waals surface area contributed by atoms with Crippen molar-refractivity contribution < 1.29 is 19.1 Å². The molecular formula is C17H20N2O4. The van der Waals surface area contributed by atoms with Crippen LogP contribution in [0.1, 0.15) is 19.8 Å². The minimum Gasteiger partial charge on any atom is -0.479 e. The second-order valence-electron chi connectivity index (χ2n) is 5.81. The first-order chi connectivity index (χ1) is 11.1. The topological polar surface area (TPSA) is 76.7 Å². The van der Waals surface area contributed by atoms with Gasteiger partial charge in [-0.25, -0.2) is 4.79 Å². The summed E-state index contributed by atoms with van der Waals surface area (Å²) < 4.78 is 10.2. The molecule has 0 spiro atoms. The number of nitrogens with one attached hydrogen (secondary N) is 2. The number of hydrogen-bond acceptors (Lipinski definition) is 5. The van der Waals surface area contributed by atoms with Crippen molar-refractivity contribution >= 4 is 24.2 Å². The zero-order chi connectivity index (χ0) is 16.4. The molecule has 0 bridgehead atoms. The lowest BCUT2D eigenvalue weighted by molar-refractivity contribution is -0.147. The Labute approximate surface area is 134 Å². The van der Waals surface area contributed by atoms with Crippen LogP contribution in [0.15, 0.2) is 18.2 Å². The average molecular weight is 316 g/mol. The molecule has 1 amide bonds. The lowest BCUT2D eigenvalue weighted by Gasteiger charge is -2.19. The summed E-state index contributed by atoms with van der Waals surface area (Å²) in [7, 11) is 1.33. The van der Waals surface area contributed by atoms with E-state index in [0.29, 0.717) is 5.75 Å². The zero-order valence-electron chi connectivity index (χ0n) is 13.2. The second-order valence-corrected chi connectivity index (χ2v) is 5.81. The van der Waals surface area contributed by atoms with Gasteiger partial charge in [0.1, 0.15) is 11.9 Å². The van der Waals surface area contributed by atoms with E-state index in [2.05, 4.69) is 15.4 Å². The van der Waals surface area contributed by atoms with Gasteiger partial charge in [-0.2, -0.15) is 0 Å². The molecule has 2 N–H and O–H groups in total. The van der Waals surface area contributed by atoms with Gasteiger partial charge in [0.2, 0.25) is 5.91 Å². The normalized spacial score (nSPS) is 20.0. The molecule has 0 radical (unpaired) electrons.